The van der Waals surface area contributed by atoms with Gasteiger partial charge in [-0.25, -0.2) is 4.98 Å². The van der Waals surface area contributed by atoms with Gasteiger partial charge in [0.05, 0.1) is 14.1 Å². The highest BCUT2D eigenvalue weighted by Crippen LogP contribution is 2.37. The molecule has 3 aromatic heterocycles. The highest BCUT2D eigenvalue weighted by molar-refractivity contribution is 7.26. The predicted octanol–water partition coefficient (Wildman–Crippen LogP) is 5.25. The van der Waals surface area contributed by atoms with Crippen LogP contribution in [0.5, 0.6) is 0 Å². The molecular formula is C11H6ClNS3. The molecule has 0 aliphatic rings. The van der Waals surface area contributed by atoms with E-state index in [1.165, 1.54) is 9.75 Å². The summed E-state index contributed by atoms with van der Waals surface area (Å²) in [5.41, 5.74) is 0. The molecule has 0 aliphatic carbocycles. The second-order valence-electron chi connectivity index (χ2n) is 3.11. The van der Waals surface area contributed by atoms with Crippen LogP contribution in [0.4, 0.5) is 0 Å². The number of hydrogen-bond donors (Lipinski definition) is 0. The smallest absolute Gasteiger partial charge is 0.133 e. The molecule has 0 unspecified atom stereocenters. The van der Waals surface area contributed by atoms with E-state index in [0.717, 1.165) is 14.2 Å². The van der Waals surface area contributed by atoms with Crippen molar-refractivity contribution < 1.29 is 0 Å². The first-order valence-electron chi connectivity index (χ1n) is 4.58. The highest BCUT2D eigenvalue weighted by Gasteiger charge is 2.08. The molecule has 5 heteroatoms. The van der Waals surface area contributed by atoms with Gasteiger partial charge in [0.15, 0.2) is 0 Å². The van der Waals surface area contributed by atoms with Crippen molar-refractivity contribution in [3.05, 3.63) is 40.2 Å². The Labute approximate surface area is 110 Å². The Bertz CT molecular complexity index is 594. The fraction of sp³-hybridized carbons (Fsp3) is 0. The molecule has 3 rings (SSSR count). The second-order valence-corrected chi connectivity index (χ2v) is 6.80. The Morgan fingerprint density at radius 2 is 1.94 bits per heavy atom. The largest absolute Gasteiger partial charge is 0.243 e. The molecule has 3 aromatic rings. The molecule has 0 bridgehead atoms. The van der Waals surface area contributed by atoms with Crippen molar-refractivity contribution >= 4 is 45.6 Å². The number of rotatable bonds is 2. The molecule has 0 fully saturated rings. The zero-order chi connectivity index (χ0) is 11.0. The third kappa shape index (κ3) is 1.94. The van der Waals surface area contributed by atoms with E-state index in [2.05, 4.69) is 22.5 Å². The molecule has 0 saturated carbocycles. The van der Waals surface area contributed by atoms with Gasteiger partial charge in [0.1, 0.15) is 5.01 Å². The highest BCUT2D eigenvalue weighted by atomic mass is 35.5. The van der Waals surface area contributed by atoms with Crippen LogP contribution in [0.3, 0.4) is 0 Å². The van der Waals surface area contributed by atoms with Crippen molar-refractivity contribution in [1.82, 2.24) is 4.98 Å². The topological polar surface area (TPSA) is 12.9 Å². The van der Waals surface area contributed by atoms with E-state index in [9.17, 15) is 0 Å². The maximum Gasteiger partial charge on any atom is 0.133 e. The van der Waals surface area contributed by atoms with Crippen LogP contribution in [0.25, 0.3) is 19.6 Å². The summed E-state index contributed by atoms with van der Waals surface area (Å²) in [6, 6.07) is 8.10. The molecule has 16 heavy (non-hydrogen) atoms. The van der Waals surface area contributed by atoms with Crippen LogP contribution < -0.4 is 0 Å². The lowest BCUT2D eigenvalue weighted by Gasteiger charge is -1.87. The van der Waals surface area contributed by atoms with Crippen LogP contribution in [-0.4, -0.2) is 4.98 Å². The minimum atomic E-state index is 0.808. The molecule has 0 N–H and O–H groups in total. The van der Waals surface area contributed by atoms with Gasteiger partial charge in [-0.2, -0.15) is 0 Å². The standard InChI is InChI=1S/C11H6ClNS3/c12-10-4-3-8(15-10)11-13-6-9(16-11)7-2-1-5-14-7/h1-6H. The Kier molecular flexibility index (Phi) is 2.81. The SMILES string of the molecule is Clc1ccc(-c2ncc(-c3cccs3)s2)s1. The number of halogens is 1. The van der Waals surface area contributed by atoms with Crippen LogP contribution in [-0.2, 0) is 0 Å². The molecule has 0 amide bonds. The molecule has 1 nitrogen and oxygen atoms in total. The van der Waals surface area contributed by atoms with E-state index in [-0.39, 0.29) is 0 Å². The third-order valence-electron chi connectivity index (χ3n) is 2.05. The predicted molar refractivity (Wildman–Crippen MR) is 73.8 cm³/mol. The van der Waals surface area contributed by atoms with E-state index < -0.39 is 0 Å². The number of thiophene rings is 2. The lowest BCUT2D eigenvalue weighted by atomic mass is 10.4. The average molecular weight is 284 g/mol. The van der Waals surface area contributed by atoms with Gasteiger partial charge in [0, 0.05) is 11.1 Å². The fourth-order valence-electron chi connectivity index (χ4n) is 1.35. The number of aromatic nitrogens is 1. The minimum Gasteiger partial charge on any atom is -0.243 e. The van der Waals surface area contributed by atoms with Crippen molar-refractivity contribution in [1.29, 1.82) is 0 Å². The monoisotopic (exact) mass is 283 g/mol. The van der Waals surface area contributed by atoms with Crippen LogP contribution in [0.1, 0.15) is 0 Å². The van der Waals surface area contributed by atoms with Crippen molar-refractivity contribution in [2.75, 3.05) is 0 Å². The van der Waals surface area contributed by atoms with E-state index in [1.54, 1.807) is 34.0 Å². The maximum atomic E-state index is 5.91. The lowest BCUT2D eigenvalue weighted by molar-refractivity contribution is 1.43. The summed E-state index contributed by atoms with van der Waals surface area (Å²) in [5.74, 6) is 0. The van der Waals surface area contributed by atoms with Gasteiger partial charge in [0.2, 0.25) is 0 Å². The average Bonchev–Trinajstić information content (AvgIpc) is 2.97. The van der Waals surface area contributed by atoms with Gasteiger partial charge in [-0.15, -0.1) is 34.0 Å². The van der Waals surface area contributed by atoms with Crippen LogP contribution in [0, 0.1) is 0 Å². The molecule has 0 spiro atoms. The summed E-state index contributed by atoms with van der Waals surface area (Å²) < 4.78 is 0.808. The minimum absolute atomic E-state index is 0.808. The molecule has 3 heterocycles. The van der Waals surface area contributed by atoms with Gasteiger partial charge in [0.25, 0.3) is 0 Å². The first kappa shape index (κ1) is 10.5. The normalized spacial score (nSPS) is 10.8. The molecule has 0 radical (unpaired) electrons. The fourth-order valence-corrected chi connectivity index (χ4v) is 4.19. The van der Waals surface area contributed by atoms with Crippen LogP contribution in [0.15, 0.2) is 35.8 Å². The van der Waals surface area contributed by atoms with Crippen molar-refractivity contribution in [3.8, 4) is 19.6 Å². The number of thiazole rings is 1. The van der Waals surface area contributed by atoms with Crippen LogP contribution >= 0.6 is 45.6 Å². The van der Waals surface area contributed by atoms with E-state index >= 15 is 0 Å². The first-order valence-corrected chi connectivity index (χ1v) is 7.47. The molecule has 0 aliphatic heterocycles. The molecular weight excluding hydrogens is 278 g/mol. The van der Waals surface area contributed by atoms with Crippen molar-refractivity contribution in [3.63, 3.8) is 0 Å². The summed E-state index contributed by atoms with van der Waals surface area (Å²) in [4.78, 5) is 8.06. The molecule has 0 aromatic carbocycles. The lowest BCUT2D eigenvalue weighted by Crippen LogP contribution is -1.63. The number of hydrogen-bond acceptors (Lipinski definition) is 4. The van der Waals surface area contributed by atoms with Gasteiger partial charge in [-0.1, -0.05) is 17.7 Å². The van der Waals surface area contributed by atoms with Gasteiger partial charge in [-0.05, 0) is 23.6 Å². The van der Waals surface area contributed by atoms with Gasteiger partial charge < -0.3 is 0 Å². The Morgan fingerprint density at radius 1 is 1.00 bits per heavy atom. The summed E-state index contributed by atoms with van der Waals surface area (Å²) in [6.45, 7) is 0. The maximum absolute atomic E-state index is 5.91. The molecule has 0 saturated heterocycles. The molecule has 0 atom stereocenters. The Balaban J connectivity index is 2.00. The summed E-state index contributed by atoms with van der Waals surface area (Å²) in [7, 11) is 0. The quantitative estimate of drug-likeness (QED) is 0.626. The Hall–Kier alpha value is -0.680. The summed E-state index contributed by atoms with van der Waals surface area (Å²) in [6.07, 6.45) is 1.93. The van der Waals surface area contributed by atoms with Gasteiger partial charge in [-0.3, -0.25) is 0 Å². The van der Waals surface area contributed by atoms with Crippen molar-refractivity contribution in [2.45, 2.75) is 0 Å². The summed E-state index contributed by atoms with van der Waals surface area (Å²) in [5, 5.41) is 3.12. The summed E-state index contributed by atoms with van der Waals surface area (Å²) >= 11 is 10.9. The van der Waals surface area contributed by atoms with Gasteiger partial charge >= 0.3 is 0 Å². The third-order valence-corrected chi connectivity index (χ3v) is 5.52. The van der Waals surface area contributed by atoms with E-state index in [1.807, 2.05) is 18.3 Å². The number of nitrogens with zero attached hydrogens (tertiary/aromatic N) is 1. The van der Waals surface area contributed by atoms with E-state index in [0.29, 0.717) is 0 Å². The van der Waals surface area contributed by atoms with Crippen molar-refractivity contribution in [2.24, 2.45) is 0 Å². The second kappa shape index (κ2) is 4.30. The Morgan fingerprint density at radius 3 is 2.62 bits per heavy atom. The zero-order valence-corrected chi connectivity index (χ0v) is 11.2. The zero-order valence-electron chi connectivity index (χ0n) is 8.01. The van der Waals surface area contributed by atoms with E-state index in [4.69, 9.17) is 11.6 Å². The van der Waals surface area contributed by atoms with Crippen LogP contribution in [0.2, 0.25) is 4.34 Å². The molecule has 80 valence electrons. The first-order chi connectivity index (χ1) is 7.83.